The van der Waals surface area contributed by atoms with Crippen LogP contribution in [-0.4, -0.2) is 11.1 Å². The van der Waals surface area contributed by atoms with Gasteiger partial charge in [0.05, 0.1) is 26.8 Å². The Balaban J connectivity index is 1.86. The Hall–Kier alpha value is -1.82. The van der Waals surface area contributed by atoms with Crippen LogP contribution < -0.4 is 5.32 Å². The van der Waals surface area contributed by atoms with Crippen LogP contribution in [-0.2, 0) is 0 Å². The highest BCUT2D eigenvalue weighted by molar-refractivity contribution is 7.17. The summed E-state index contributed by atoms with van der Waals surface area (Å²) in [6.45, 7) is 3.72. The van der Waals surface area contributed by atoms with Gasteiger partial charge in [-0.05, 0) is 44.2 Å². The molecule has 7 heteroatoms. The Kier molecular flexibility index (Phi) is 4.43. The van der Waals surface area contributed by atoms with Gasteiger partial charge in [-0.25, -0.2) is 0 Å². The topological polar surface area (TPSA) is 55.1 Å². The van der Waals surface area contributed by atoms with Crippen LogP contribution in [0, 0.1) is 13.8 Å². The van der Waals surface area contributed by atoms with Crippen molar-refractivity contribution in [1.82, 2.24) is 5.16 Å². The third-order valence-corrected chi connectivity index (χ3v) is 4.95. The van der Waals surface area contributed by atoms with Crippen LogP contribution >= 0.6 is 34.5 Å². The monoisotopic (exact) mass is 366 g/mol. The van der Waals surface area contributed by atoms with Gasteiger partial charge in [0.1, 0.15) is 5.76 Å². The van der Waals surface area contributed by atoms with Crippen molar-refractivity contribution in [3.63, 3.8) is 0 Å². The van der Waals surface area contributed by atoms with Crippen LogP contribution in [0.4, 0.5) is 5.69 Å². The molecule has 1 amide bonds. The molecule has 0 aliphatic rings. The number of aromatic nitrogens is 1. The summed E-state index contributed by atoms with van der Waals surface area (Å²) in [6, 6.07) is 8.57. The molecule has 1 aromatic carbocycles. The van der Waals surface area contributed by atoms with Crippen molar-refractivity contribution in [3.05, 3.63) is 56.7 Å². The number of amides is 1. The summed E-state index contributed by atoms with van der Waals surface area (Å²) in [5.41, 5.74) is 2.21. The van der Waals surface area contributed by atoms with E-state index in [1.54, 1.807) is 24.3 Å². The third-order valence-electron chi connectivity index (χ3n) is 3.29. The first-order valence-electron chi connectivity index (χ1n) is 6.75. The Labute approximate surface area is 147 Å². The van der Waals surface area contributed by atoms with E-state index in [1.807, 2.05) is 19.9 Å². The highest BCUT2D eigenvalue weighted by atomic mass is 35.5. The van der Waals surface area contributed by atoms with Crippen LogP contribution in [0.5, 0.6) is 0 Å². The zero-order chi connectivity index (χ0) is 16.6. The Morgan fingerprint density at radius 2 is 2.00 bits per heavy atom. The Bertz CT molecular complexity index is 867. The molecule has 0 saturated heterocycles. The summed E-state index contributed by atoms with van der Waals surface area (Å²) >= 11 is 13.4. The normalized spacial score (nSPS) is 10.8. The number of benzene rings is 1. The molecule has 2 heterocycles. The number of nitrogens with zero attached hydrogens (tertiary/aromatic N) is 1. The minimum Gasteiger partial charge on any atom is -0.361 e. The van der Waals surface area contributed by atoms with E-state index in [1.165, 1.54) is 11.3 Å². The lowest BCUT2D eigenvalue weighted by molar-refractivity contribution is 0.103. The van der Waals surface area contributed by atoms with Crippen LogP contribution in [0.15, 0.2) is 34.9 Å². The maximum atomic E-state index is 12.4. The van der Waals surface area contributed by atoms with Gasteiger partial charge in [0, 0.05) is 9.90 Å². The zero-order valence-electron chi connectivity index (χ0n) is 12.3. The Morgan fingerprint density at radius 3 is 2.70 bits per heavy atom. The van der Waals surface area contributed by atoms with E-state index in [4.69, 9.17) is 27.7 Å². The van der Waals surface area contributed by atoms with E-state index in [2.05, 4.69) is 10.5 Å². The fraction of sp³-hybridized carbons (Fsp3) is 0.125. The summed E-state index contributed by atoms with van der Waals surface area (Å²) in [4.78, 5) is 13.9. The van der Waals surface area contributed by atoms with E-state index in [0.29, 0.717) is 20.6 Å². The highest BCUT2D eigenvalue weighted by Crippen LogP contribution is 2.33. The fourth-order valence-corrected chi connectivity index (χ4v) is 3.59. The minimum atomic E-state index is -0.239. The summed E-state index contributed by atoms with van der Waals surface area (Å²) in [5.74, 6) is 0.492. The molecule has 0 bridgehead atoms. The standard InChI is InChI=1S/C16H12Cl2N2O2S/c1-8-15(9(2)22-20-8)13-5-6-14(23-13)16(21)19-12-7-10(17)3-4-11(12)18/h3-7H,1-2H3,(H,19,21). The molecule has 0 aliphatic carbocycles. The van der Waals surface area contributed by atoms with Crippen molar-refractivity contribution in [2.24, 2.45) is 0 Å². The molecule has 118 valence electrons. The summed E-state index contributed by atoms with van der Waals surface area (Å²) < 4.78 is 5.17. The second-order valence-corrected chi connectivity index (χ2v) is 6.87. The van der Waals surface area contributed by atoms with Gasteiger partial charge in [-0.2, -0.15) is 0 Å². The predicted molar refractivity (Wildman–Crippen MR) is 93.7 cm³/mol. The molecule has 23 heavy (non-hydrogen) atoms. The summed E-state index contributed by atoms with van der Waals surface area (Å²) in [7, 11) is 0. The first-order valence-corrected chi connectivity index (χ1v) is 8.32. The largest absolute Gasteiger partial charge is 0.361 e. The van der Waals surface area contributed by atoms with Gasteiger partial charge in [-0.15, -0.1) is 11.3 Å². The van der Waals surface area contributed by atoms with E-state index < -0.39 is 0 Å². The lowest BCUT2D eigenvalue weighted by Gasteiger charge is -2.06. The SMILES string of the molecule is Cc1noc(C)c1-c1ccc(C(=O)Nc2cc(Cl)ccc2Cl)s1. The van der Waals surface area contributed by atoms with E-state index in [-0.39, 0.29) is 5.91 Å². The minimum absolute atomic E-state index is 0.239. The maximum absolute atomic E-state index is 12.4. The number of hydrogen-bond acceptors (Lipinski definition) is 4. The number of nitrogens with one attached hydrogen (secondary N) is 1. The van der Waals surface area contributed by atoms with Crippen molar-refractivity contribution in [2.45, 2.75) is 13.8 Å². The third kappa shape index (κ3) is 3.27. The number of carbonyl (C=O) groups is 1. The molecular formula is C16H12Cl2N2O2S. The lowest BCUT2D eigenvalue weighted by atomic mass is 10.2. The molecule has 2 aromatic heterocycles. The lowest BCUT2D eigenvalue weighted by Crippen LogP contribution is -2.10. The molecule has 0 fully saturated rings. The molecule has 0 radical (unpaired) electrons. The summed E-state index contributed by atoms with van der Waals surface area (Å²) in [5, 5.41) is 7.65. The van der Waals surface area contributed by atoms with Crippen LogP contribution in [0.1, 0.15) is 21.1 Å². The fourth-order valence-electron chi connectivity index (χ4n) is 2.21. The second-order valence-electron chi connectivity index (χ2n) is 4.94. The van der Waals surface area contributed by atoms with E-state index in [0.717, 1.165) is 21.9 Å². The smallest absolute Gasteiger partial charge is 0.265 e. The van der Waals surface area contributed by atoms with Gasteiger partial charge in [-0.3, -0.25) is 4.79 Å². The average Bonchev–Trinajstić information content (AvgIpc) is 3.10. The molecule has 1 N–H and O–H groups in total. The van der Waals surface area contributed by atoms with Crippen LogP contribution in [0.25, 0.3) is 10.4 Å². The first-order chi connectivity index (χ1) is 11.0. The average molecular weight is 367 g/mol. The van der Waals surface area contributed by atoms with Crippen molar-refractivity contribution >= 4 is 46.1 Å². The second kappa shape index (κ2) is 6.35. The number of rotatable bonds is 3. The quantitative estimate of drug-likeness (QED) is 0.658. The maximum Gasteiger partial charge on any atom is 0.265 e. The number of hydrogen-bond donors (Lipinski definition) is 1. The van der Waals surface area contributed by atoms with Gasteiger partial charge in [0.2, 0.25) is 0 Å². The van der Waals surface area contributed by atoms with Crippen molar-refractivity contribution in [2.75, 3.05) is 5.32 Å². The number of aryl methyl sites for hydroxylation is 2. The number of halogens is 2. The van der Waals surface area contributed by atoms with Crippen molar-refractivity contribution < 1.29 is 9.32 Å². The Morgan fingerprint density at radius 1 is 1.22 bits per heavy atom. The van der Waals surface area contributed by atoms with E-state index in [9.17, 15) is 4.79 Å². The molecule has 3 rings (SSSR count). The first kappa shape index (κ1) is 16.1. The number of anilines is 1. The van der Waals surface area contributed by atoms with Gasteiger partial charge in [0.25, 0.3) is 5.91 Å². The van der Waals surface area contributed by atoms with E-state index >= 15 is 0 Å². The number of carbonyl (C=O) groups excluding carboxylic acids is 1. The predicted octanol–water partition coefficient (Wildman–Crippen LogP) is 5.58. The van der Waals surface area contributed by atoms with Gasteiger partial charge >= 0.3 is 0 Å². The van der Waals surface area contributed by atoms with Crippen molar-refractivity contribution in [1.29, 1.82) is 0 Å². The molecule has 4 nitrogen and oxygen atoms in total. The van der Waals surface area contributed by atoms with Crippen molar-refractivity contribution in [3.8, 4) is 10.4 Å². The number of thiophene rings is 1. The molecule has 0 spiro atoms. The van der Waals surface area contributed by atoms with Gasteiger partial charge < -0.3 is 9.84 Å². The van der Waals surface area contributed by atoms with Crippen LogP contribution in [0.2, 0.25) is 10.0 Å². The molecule has 0 atom stereocenters. The molecular weight excluding hydrogens is 355 g/mol. The zero-order valence-corrected chi connectivity index (χ0v) is 14.6. The highest BCUT2D eigenvalue weighted by Gasteiger charge is 2.17. The summed E-state index contributed by atoms with van der Waals surface area (Å²) in [6.07, 6.45) is 0. The van der Waals surface area contributed by atoms with Crippen LogP contribution in [0.3, 0.4) is 0 Å². The molecule has 0 unspecified atom stereocenters. The molecule has 3 aromatic rings. The van der Waals surface area contributed by atoms with Gasteiger partial charge in [-0.1, -0.05) is 28.4 Å². The van der Waals surface area contributed by atoms with Gasteiger partial charge in [0.15, 0.2) is 0 Å². The molecule has 0 aliphatic heterocycles. The molecule has 0 saturated carbocycles.